The van der Waals surface area contributed by atoms with Crippen molar-refractivity contribution in [2.24, 2.45) is 0 Å². The minimum Gasteiger partial charge on any atom is -0.507 e. The summed E-state index contributed by atoms with van der Waals surface area (Å²) in [5.74, 6) is -2.80. The Kier molecular flexibility index (Phi) is 5.04. The summed E-state index contributed by atoms with van der Waals surface area (Å²) >= 11 is 0. The monoisotopic (exact) mass is 418 g/mol. The average Bonchev–Trinajstić information content (AvgIpc) is 3.05. The van der Waals surface area contributed by atoms with Gasteiger partial charge in [-0.1, -0.05) is 48.5 Å². The molecule has 1 N–H and O–H groups in total. The fraction of sp³-hybridized carbons (Fsp3) is 0.0435. The van der Waals surface area contributed by atoms with E-state index in [0.29, 0.717) is 11.1 Å². The summed E-state index contributed by atoms with van der Waals surface area (Å²) in [6.45, 7) is 0. The summed E-state index contributed by atoms with van der Waals surface area (Å²) in [6, 6.07) is 17.6. The number of hydrogen-bond donors (Lipinski definition) is 1. The molecule has 3 aromatic rings. The Labute approximate surface area is 175 Å². The van der Waals surface area contributed by atoms with E-state index in [0.717, 1.165) is 4.90 Å². The number of nitrogens with zero attached hydrogens (tertiary/aromatic N) is 2. The highest BCUT2D eigenvalue weighted by Crippen LogP contribution is 2.42. The third-order valence-corrected chi connectivity index (χ3v) is 5.00. The number of ketones is 1. The predicted octanol–water partition coefficient (Wildman–Crippen LogP) is 4.36. The number of Topliss-reactive ketones (excluding diaryl/α,β-unsaturated/α-hetero) is 1. The molecular weight excluding hydrogens is 403 g/mol. The van der Waals surface area contributed by atoms with Crippen molar-refractivity contribution in [3.05, 3.63) is 111 Å². The lowest BCUT2D eigenvalue weighted by molar-refractivity contribution is -0.384. The van der Waals surface area contributed by atoms with Crippen molar-refractivity contribution in [2.75, 3.05) is 4.90 Å². The molecule has 0 bridgehead atoms. The van der Waals surface area contributed by atoms with Gasteiger partial charge in [0.05, 0.1) is 22.2 Å². The van der Waals surface area contributed by atoms with E-state index in [9.17, 15) is 29.2 Å². The van der Waals surface area contributed by atoms with Crippen molar-refractivity contribution in [2.45, 2.75) is 6.04 Å². The van der Waals surface area contributed by atoms with Gasteiger partial charge < -0.3 is 5.11 Å². The number of nitro benzene ring substituents is 1. The molecule has 31 heavy (non-hydrogen) atoms. The summed E-state index contributed by atoms with van der Waals surface area (Å²) in [7, 11) is 0. The van der Waals surface area contributed by atoms with E-state index >= 15 is 0 Å². The Morgan fingerprint density at radius 2 is 1.65 bits per heavy atom. The first kappa shape index (κ1) is 20.0. The van der Waals surface area contributed by atoms with E-state index in [1.54, 1.807) is 30.3 Å². The molecule has 0 unspecified atom stereocenters. The van der Waals surface area contributed by atoms with Gasteiger partial charge in [0.2, 0.25) is 0 Å². The molecule has 1 heterocycles. The van der Waals surface area contributed by atoms with E-state index in [2.05, 4.69) is 0 Å². The number of carbonyl (C=O) groups excluding carboxylic acids is 2. The Morgan fingerprint density at radius 1 is 0.968 bits per heavy atom. The zero-order valence-corrected chi connectivity index (χ0v) is 15.9. The molecule has 0 saturated carbocycles. The van der Waals surface area contributed by atoms with Crippen molar-refractivity contribution in [1.29, 1.82) is 0 Å². The van der Waals surface area contributed by atoms with Crippen LogP contribution in [0.2, 0.25) is 0 Å². The normalized spacial score (nSPS) is 17.7. The van der Waals surface area contributed by atoms with Gasteiger partial charge in [-0.2, -0.15) is 0 Å². The number of amides is 1. The van der Waals surface area contributed by atoms with Gasteiger partial charge in [-0.05, 0) is 23.8 Å². The smallest absolute Gasteiger partial charge is 0.300 e. The zero-order chi connectivity index (χ0) is 22.1. The van der Waals surface area contributed by atoms with Crippen LogP contribution in [0.5, 0.6) is 0 Å². The van der Waals surface area contributed by atoms with E-state index in [1.165, 1.54) is 48.5 Å². The van der Waals surface area contributed by atoms with Gasteiger partial charge >= 0.3 is 0 Å². The third-order valence-electron chi connectivity index (χ3n) is 5.00. The number of anilines is 1. The van der Waals surface area contributed by atoms with Crippen molar-refractivity contribution in [1.82, 2.24) is 0 Å². The maximum atomic E-state index is 13.5. The van der Waals surface area contributed by atoms with Gasteiger partial charge in [0, 0.05) is 17.7 Å². The molecule has 3 aromatic carbocycles. The van der Waals surface area contributed by atoms with Crippen LogP contribution in [-0.2, 0) is 9.59 Å². The van der Waals surface area contributed by atoms with Crippen molar-refractivity contribution in [3.8, 4) is 0 Å². The van der Waals surface area contributed by atoms with Crippen LogP contribution in [0.4, 0.5) is 15.8 Å². The van der Waals surface area contributed by atoms with E-state index < -0.39 is 28.5 Å². The number of halogens is 1. The lowest BCUT2D eigenvalue weighted by Gasteiger charge is -2.25. The lowest BCUT2D eigenvalue weighted by atomic mass is 9.95. The molecule has 4 rings (SSSR count). The van der Waals surface area contributed by atoms with Crippen LogP contribution < -0.4 is 4.90 Å². The number of aliphatic hydroxyl groups is 1. The SMILES string of the molecule is O=C1C(=O)N(c2cccc([N+](=O)[O-])c2)[C@H](c2ccc(F)cc2)C1=C(O)c1ccccc1. The summed E-state index contributed by atoms with van der Waals surface area (Å²) < 4.78 is 13.5. The first-order valence-electron chi connectivity index (χ1n) is 9.25. The highest BCUT2D eigenvalue weighted by atomic mass is 19.1. The molecule has 1 atom stereocenters. The minimum atomic E-state index is -1.09. The number of benzene rings is 3. The second kappa shape index (κ2) is 7.83. The van der Waals surface area contributed by atoms with Gasteiger partial charge in [-0.3, -0.25) is 24.6 Å². The first-order chi connectivity index (χ1) is 14.9. The van der Waals surface area contributed by atoms with E-state index in [4.69, 9.17) is 0 Å². The Balaban J connectivity index is 1.95. The Hall–Kier alpha value is -4.33. The Morgan fingerprint density at radius 3 is 2.29 bits per heavy atom. The Bertz CT molecular complexity index is 1220. The lowest BCUT2D eigenvalue weighted by Crippen LogP contribution is -2.29. The summed E-state index contributed by atoms with van der Waals surface area (Å²) in [5, 5.41) is 22.1. The molecule has 0 radical (unpaired) electrons. The largest absolute Gasteiger partial charge is 0.507 e. The van der Waals surface area contributed by atoms with Crippen LogP contribution in [0.3, 0.4) is 0 Å². The maximum Gasteiger partial charge on any atom is 0.300 e. The maximum absolute atomic E-state index is 13.5. The number of non-ortho nitro benzene ring substituents is 1. The molecule has 7 nitrogen and oxygen atoms in total. The van der Waals surface area contributed by atoms with Crippen LogP contribution in [0.1, 0.15) is 17.2 Å². The fourth-order valence-corrected chi connectivity index (χ4v) is 3.57. The summed E-state index contributed by atoms with van der Waals surface area (Å²) in [6.07, 6.45) is 0. The second-order valence-electron chi connectivity index (χ2n) is 6.86. The van der Waals surface area contributed by atoms with Gasteiger partial charge in [0.25, 0.3) is 17.4 Å². The molecular formula is C23H15FN2O5. The van der Waals surface area contributed by atoms with Crippen molar-refractivity contribution in [3.63, 3.8) is 0 Å². The molecule has 1 aliphatic heterocycles. The van der Waals surface area contributed by atoms with E-state index in [-0.39, 0.29) is 22.7 Å². The minimum absolute atomic E-state index is 0.109. The number of rotatable bonds is 4. The molecule has 8 heteroatoms. The fourth-order valence-electron chi connectivity index (χ4n) is 3.57. The number of aliphatic hydroxyl groups excluding tert-OH is 1. The third kappa shape index (κ3) is 3.55. The van der Waals surface area contributed by atoms with Gasteiger partial charge in [0.15, 0.2) is 0 Å². The predicted molar refractivity (Wildman–Crippen MR) is 111 cm³/mol. The summed E-state index contributed by atoms with van der Waals surface area (Å²) in [4.78, 5) is 37.6. The van der Waals surface area contributed by atoms with Gasteiger partial charge in [0.1, 0.15) is 11.6 Å². The van der Waals surface area contributed by atoms with Crippen molar-refractivity contribution < 1.29 is 24.0 Å². The van der Waals surface area contributed by atoms with E-state index in [1.807, 2.05) is 0 Å². The molecule has 0 aliphatic carbocycles. The second-order valence-corrected chi connectivity index (χ2v) is 6.86. The molecule has 0 spiro atoms. The molecule has 1 fully saturated rings. The quantitative estimate of drug-likeness (QED) is 0.223. The highest BCUT2D eigenvalue weighted by Gasteiger charge is 2.47. The molecule has 1 aliphatic rings. The van der Waals surface area contributed by atoms with Crippen molar-refractivity contribution >= 4 is 28.8 Å². The highest BCUT2D eigenvalue weighted by molar-refractivity contribution is 6.51. The van der Waals surface area contributed by atoms with Crippen LogP contribution >= 0.6 is 0 Å². The standard InChI is InChI=1S/C23H15FN2O5/c24-16-11-9-14(10-12-16)20-19(21(27)15-5-2-1-3-6-15)22(28)23(29)25(20)17-7-4-8-18(13-17)26(30)31/h1-13,20,27H/t20-/m1/s1. The molecule has 1 amide bonds. The molecule has 0 aromatic heterocycles. The van der Waals surface area contributed by atoms with Crippen LogP contribution in [0.25, 0.3) is 5.76 Å². The van der Waals surface area contributed by atoms with Gasteiger partial charge in [-0.15, -0.1) is 0 Å². The molecule has 1 saturated heterocycles. The van der Waals surface area contributed by atoms with Gasteiger partial charge in [-0.25, -0.2) is 4.39 Å². The number of hydrogen-bond acceptors (Lipinski definition) is 5. The first-order valence-corrected chi connectivity index (χ1v) is 9.25. The van der Waals surface area contributed by atoms with Crippen LogP contribution in [-0.4, -0.2) is 21.7 Å². The van der Waals surface area contributed by atoms with Crippen LogP contribution in [0.15, 0.2) is 84.4 Å². The summed E-state index contributed by atoms with van der Waals surface area (Å²) in [5.41, 5.74) is 0.351. The average molecular weight is 418 g/mol. The number of nitro groups is 1. The number of carbonyl (C=O) groups is 2. The van der Waals surface area contributed by atoms with Crippen LogP contribution in [0, 0.1) is 15.9 Å². The zero-order valence-electron chi connectivity index (χ0n) is 15.9. The topological polar surface area (TPSA) is 101 Å². The molecule has 154 valence electrons.